The van der Waals surface area contributed by atoms with E-state index in [9.17, 15) is 0 Å². The van der Waals surface area contributed by atoms with Crippen LogP contribution in [-0.4, -0.2) is 17.5 Å². The van der Waals surface area contributed by atoms with Gasteiger partial charge >= 0.3 is 0 Å². The molecule has 0 rings (SSSR count). The van der Waals surface area contributed by atoms with Gasteiger partial charge in [0.25, 0.3) is 0 Å². The molecule has 0 fully saturated rings. The third kappa shape index (κ3) is 6.17. The van der Waals surface area contributed by atoms with Gasteiger partial charge in [0.15, 0.2) is 0 Å². The maximum absolute atomic E-state index is 5.76. The van der Waals surface area contributed by atoms with Gasteiger partial charge in [-0.3, -0.25) is 0 Å². The molecule has 1 unspecified atom stereocenters. The molecule has 1 nitrogen and oxygen atoms in total. The third-order valence-corrected chi connectivity index (χ3v) is 2.09. The van der Waals surface area contributed by atoms with Gasteiger partial charge in [0.05, 0.1) is 0 Å². The molecule has 0 heterocycles. The van der Waals surface area contributed by atoms with Crippen LogP contribution in [0.25, 0.3) is 0 Å². The predicted octanol–water partition coefficient (Wildman–Crippen LogP) is 2.03. The van der Waals surface area contributed by atoms with Gasteiger partial charge in [-0.1, -0.05) is 18.6 Å². The Morgan fingerprint density at radius 3 is 2.60 bits per heavy atom. The van der Waals surface area contributed by atoms with Crippen LogP contribution in [0, 0.1) is 0 Å². The second-order valence-electron chi connectivity index (χ2n) is 2.57. The Balaban J connectivity index is 3.43. The Morgan fingerprint density at radius 1 is 1.60 bits per heavy atom. The van der Waals surface area contributed by atoms with Crippen LogP contribution in [0.3, 0.4) is 0 Å². The van der Waals surface area contributed by atoms with Crippen molar-refractivity contribution < 1.29 is 0 Å². The van der Waals surface area contributed by atoms with E-state index >= 15 is 0 Å². The van der Waals surface area contributed by atoms with Crippen molar-refractivity contribution in [3.05, 3.63) is 11.6 Å². The zero-order valence-electron chi connectivity index (χ0n) is 7.05. The van der Waals surface area contributed by atoms with Crippen molar-refractivity contribution in [3.63, 3.8) is 0 Å². The number of hydrogen-bond donors (Lipinski definition) is 1. The fraction of sp³-hybridized carbons (Fsp3) is 0.750. The van der Waals surface area contributed by atoms with Crippen molar-refractivity contribution in [1.82, 2.24) is 0 Å². The molecule has 0 aromatic carbocycles. The van der Waals surface area contributed by atoms with Crippen molar-refractivity contribution in [3.8, 4) is 0 Å². The molecule has 60 valence electrons. The molecule has 0 aliphatic rings. The highest BCUT2D eigenvalue weighted by Gasteiger charge is 1.95. The van der Waals surface area contributed by atoms with Crippen LogP contribution in [0.15, 0.2) is 11.6 Å². The minimum absolute atomic E-state index is 0.245. The summed E-state index contributed by atoms with van der Waals surface area (Å²) in [4.78, 5) is 0. The number of thioether (sulfide) groups is 1. The SMILES string of the molecule is CCSCC(N)C=C(C)C. The van der Waals surface area contributed by atoms with Gasteiger partial charge in [0, 0.05) is 11.8 Å². The molecule has 0 saturated heterocycles. The summed E-state index contributed by atoms with van der Waals surface area (Å²) in [6.07, 6.45) is 2.11. The van der Waals surface area contributed by atoms with E-state index < -0.39 is 0 Å². The minimum atomic E-state index is 0.245. The maximum Gasteiger partial charge on any atom is 0.0318 e. The summed E-state index contributed by atoms with van der Waals surface area (Å²) in [5.74, 6) is 2.20. The molecule has 2 N–H and O–H groups in total. The van der Waals surface area contributed by atoms with E-state index in [1.807, 2.05) is 11.8 Å². The van der Waals surface area contributed by atoms with Gasteiger partial charge in [0.2, 0.25) is 0 Å². The molecule has 0 bridgehead atoms. The fourth-order valence-electron chi connectivity index (χ4n) is 0.730. The Morgan fingerprint density at radius 2 is 2.20 bits per heavy atom. The van der Waals surface area contributed by atoms with Crippen molar-refractivity contribution in [2.75, 3.05) is 11.5 Å². The second-order valence-corrected chi connectivity index (χ2v) is 3.89. The van der Waals surface area contributed by atoms with Crippen LogP contribution in [0.4, 0.5) is 0 Å². The monoisotopic (exact) mass is 159 g/mol. The Labute approximate surface area is 68.1 Å². The van der Waals surface area contributed by atoms with E-state index in [0.29, 0.717) is 0 Å². The highest BCUT2D eigenvalue weighted by molar-refractivity contribution is 7.99. The van der Waals surface area contributed by atoms with Crippen LogP contribution in [-0.2, 0) is 0 Å². The smallest absolute Gasteiger partial charge is 0.0318 e. The molecular weight excluding hydrogens is 142 g/mol. The summed E-state index contributed by atoms with van der Waals surface area (Å²) >= 11 is 1.89. The van der Waals surface area contributed by atoms with Crippen LogP contribution in [0.2, 0.25) is 0 Å². The zero-order chi connectivity index (χ0) is 7.98. The van der Waals surface area contributed by atoms with E-state index in [4.69, 9.17) is 5.73 Å². The summed E-state index contributed by atoms with van der Waals surface area (Å²) in [6, 6.07) is 0.245. The normalized spacial score (nSPS) is 12.8. The van der Waals surface area contributed by atoms with Gasteiger partial charge in [-0.25, -0.2) is 0 Å². The highest BCUT2D eigenvalue weighted by Crippen LogP contribution is 2.02. The molecule has 10 heavy (non-hydrogen) atoms. The van der Waals surface area contributed by atoms with E-state index in [-0.39, 0.29) is 6.04 Å². The van der Waals surface area contributed by atoms with Gasteiger partial charge in [-0.2, -0.15) is 11.8 Å². The summed E-state index contributed by atoms with van der Waals surface area (Å²) in [5, 5.41) is 0. The van der Waals surface area contributed by atoms with Gasteiger partial charge in [-0.15, -0.1) is 0 Å². The summed E-state index contributed by atoms with van der Waals surface area (Å²) in [6.45, 7) is 6.31. The van der Waals surface area contributed by atoms with E-state index in [2.05, 4.69) is 26.8 Å². The van der Waals surface area contributed by atoms with Crippen LogP contribution in [0.1, 0.15) is 20.8 Å². The van der Waals surface area contributed by atoms with Crippen molar-refractivity contribution in [2.45, 2.75) is 26.8 Å². The molecule has 0 amide bonds. The van der Waals surface area contributed by atoms with Gasteiger partial charge in [0.1, 0.15) is 0 Å². The number of rotatable bonds is 4. The van der Waals surface area contributed by atoms with Crippen molar-refractivity contribution in [1.29, 1.82) is 0 Å². The van der Waals surface area contributed by atoms with Gasteiger partial charge < -0.3 is 5.73 Å². The van der Waals surface area contributed by atoms with Crippen LogP contribution >= 0.6 is 11.8 Å². The first-order chi connectivity index (χ1) is 4.66. The summed E-state index contributed by atoms with van der Waals surface area (Å²) in [7, 11) is 0. The lowest BCUT2D eigenvalue weighted by atomic mass is 10.2. The first-order valence-electron chi connectivity index (χ1n) is 3.65. The van der Waals surface area contributed by atoms with E-state index in [0.717, 1.165) is 11.5 Å². The Hall–Kier alpha value is 0.0500. The third-order valence-electron chi connectivity index (χ3n) is 1.06. The van der Waals surface area contributed by atoms with Gasteiger partial charge in [-0.05, 0) is 19.6 Å². The number of nitrogens with two attached hydrogens (primary N) is 1. The molecular formula is C8H17NS. The molecule has 0 saturated carbocycles. The molecule has 0 aliphatic carbocycles. The number of allylic oxidation sites excluding steroid dienone is 1. The zero-order valence-corrected chi connectivity index (χ0v) is 7.87. The molecule has 0 spiro atoms. The molecule has 0 radical (unpaired) electrons. The molecule has 0 aliphatic heterocycles. The molecule has 1 atom stereocenters. The highest BCUT2D eigenvalue weighted by atomic mass is 32.2. The van der Waals surface area contributed by atoms with E-state index in [1.54, 1.807) is 0 Å². The topological polar surface area (TPSA) is 26.0 Å². The fourth-order valence-corrected chi connectivity index (χ4v) is 1.33. The average Bonchev–Trinajstić information content (AvgIpc) is 1.82. The quantitative estimate of drug-likeness (QED) is 0.635. The lowest BCUT2D eigenvalue weighted by molar-refractivity contribution is 0.927. The molecule has 2 heteroatoms. The summed E-state index contributed by atoms with van der Waals surface area (Å²) < 4.78 is 0. The van der Waals surface area contributed by atoms with Crippen molar-refractivity contribution >= 4 is 11.8 Å². The lowest BCUT2D eigenvalue weighted by Gasteiger charge is -2.04. The first-order valence-corrected chi connectivity index (χ1v) is 4.80. The second kappa shape index (κ2) is 5.81. The molecule has 0 aromatic rings. The van der Waals surface area contributed by atoms with E-state index in [1.165, 1.54) is 5.57 Å². The van der Waals surface area contributed by atoms with Crippen LogP contribution < -0.4 is 5.73 Å². The standard InChI is InChI=1S/C8H17NS/c1-4-10-6-8(9)5-7(2)3/h5,8H,4,6,9H2,1-3H3. The van der Waals surface area contributed by atoms with Crippen molar-refractivity contribution in [2.24, 2.45) is 5.73 Å². The maximum atomic E-state index is 5.76. The molecule has 0 aromatic heterocycles. The summed E-state index contributed by atoms with van der Waals surface area (Å²) in [5.41, 5.74) is 7.07. The first kappa shape index (κ1) is 10.0. The predicted molar refractivity (Wildman–Crippen MR) is 50.4 cm³/mol. The Kier molecular flexibility index (Phi) is 5.84. The average molecular weight is 159 g/mol. The Bertz CT molecular complexity index is 106. The largest absolute Gasteiger partial charge is 0.324 e. The minimum Gasteiger partial charge on any atom is -0.324 e. The number of hydrogen-bond acceptors (Lipinski definition) is 2. The lowest BCUT2D eigenvalue weighted by Crippen LogP contribution is -2.20. The van der Waals surface area contributed by atoms with Crippen LogP contribution in [0.5, 0.6) is 0 Å².